The van der Waals surface area contributed by atoms with Crippen LogP contribution in [0.25, 0.3) is 0 Å². The van der Waals surface area contributed by atoms with E-state index in [1.165, 1.54) is 6.07 Å². The standard InChI is InChI=1S/C15H13BrN2O4/c1-21-14-6-4-11(8-15(14)22-2)17-9-10-3-5-12(16)13(7-10)18(19)20/h3-9H,1-2H3. The number of nitro groups is 1. The summed E-state index contributed by atoms with van der Waals surface area (Å²) in [6.07, 6.45) is 1.56. The van der Waals surface area contributed by atoms with E-state index in [1.807, 2.05) is 0 Å². The minimum atomic E-state index is -0.447. The number of halogens is 1. The van der Waals surface area contributed by atoms with E-state index in [9.17, 15) is 10.1 Å². The first kappa shape index (κ1) is 16.0. The van der Waals surface area contributed by atoms with Gasteiger partial charge in [-0.15, -0.1) is 0 Å². The molecule has 0 aliphatic rings. The van der Waals surface area contributed by atoms with Crippen molar-refractivity contribution in [1.29, 1.82) is 0 Å². The van der Waals surface area contributed by atoms with E-state index in [0.717, 1.165) is 0 Å². The van der Waals surface area contributed by atoms with Crippen LogP contribution in [0, 0.1) is 10.1 Å². The summed E-state index contributed by atoms with van der Waals surface area (Å²) in [7, 11) is 3.10. The molecular formula is C15H13BrN2O4. The van der Waals surface area contributed by atoms with Crippen LogP contribution in [-0.2, 0) is 0 Å². The SMILES string of the molecule is COc1ccc(N=Cc2ccc(Br)c([N+](=O)[O-])c2)cc1OC. The highest BCUT2D eigenvalue weighted by Gasteiger charge is 2.11. The van der Waals surface area contributed by atoms with Gasteiger partial charge < -0.3 is 9.47 Å². The second-order valence-corrected chi connectivity index (χ2v) is 5.12. The molecule has 0 aliphatic carbocycles. The molecule has 0 N–H and O–H groups in total. The largest absolute Gasteiger partial charge is 0.493 e. The zero-order valence-corrected chi connectivity index (χ0v) is 13.5. The van der Waals surface area contributed by atoms with Crippen LogP contribution in [0.15, 0.2) is 45.9 Å². The third kappa shape index (κ3) is 3.62. The highest BCUT2D eigenvalue weighted by molar-refractivity contribution is 9.10. The number of benzene rings is 2. The van der Waals surface area contributed by atoms with Crippen LogP contribution in [0.5, 0.6) is 11.5 Å². The molecule has 0 radical (unpaired) electrons. The first-order valence-electron chi connectivity index (χ1n) is 6.25. The zero-order chi connectivity index (χ0) is 16.1. The molecular weight excluding hydrogens is 352 g/mol. The highest BCUT2D eigenvalue weighted by Crippen LogP contribution is 2.31. The molecule has 0 atom stereocenters. The summed E-state index contributed by atoms with van der Waals surface area (Å²) in [6, 6.07) is 10.0. The van der Waals surface area contributed by atoms with Crippen molar-refractivity contribution in [1.82, 2.24) is 0 Å². The normalized spacial score (nSPS) is 10.7. The average Bonchev–Trinajstić information content (AvgIpc) is 2.53. The van der Waals surface area contributed by atoms with Gasteiger partial charge in [-0.3, -0.25) is 15.1 Å². The van der Waals surface area contributed by atoms with Crippen LogP contribution in [-0.4, -0.2) is 25.4 Å². The van der Waals surface area contributed by atoms with Crippen molar-refractivity contribution in [3.05, 3.63) is 56.5 Å². The van der Waals surface area contributed by atoms with Crippen molar-refractivity contribution < 1.29 is 14.4 Å². The van der Waals surface area contributed by atoms with Gasteiger partial charge in [0.1, 0.15) is 0 Å². The van der Waals surface area contributed by atoms with Crippen molar-refractivity contribution in [3.8, 4) is 11.5 Å². The second-order valence-electron chi connectivity index (χ2n) is 4.27. The van der Waals surface area contributed by atoms with E-state index in [-0.39, 0.29) is 5.69 Å². The maximum atomic E-state index is 10.9. The van der Waals surface area contributed by atoms with Crippen LogP contribution >= 0.6 is 15.9 Å². The summed E-state index contributed by atoms with van der Waals surface area (Å²) in [4.78, 5) is 14.7. The van der Waals surface area contributed by atoms with Crippen LogP contribution < -0.4 is 9.47 Å². The van der Waals surface area contributed by atoms with E-state index in [1.54, 1.807) is 50.8 Å². The molecule has 2 rings (SSSR count). The molecule has 0 saturated heterocycles. The molecule has 6 nitrogen and oxygen atoms in total. The zero-order valence-electron chi connectivity index (χ0n) is 11.9. The number of nitro benzene ring substituents is 1. The van der Waals surface area contributed by atoms with Gasteiger partial charge in [-0.25, -0.2) is 0 Å². The fraction of sp³-hybridized carbons (Fsp3) is 0.133. The molecule has 2 aromatic carbocycles. The summed E-state index contributed by atoms with van der Waals surface area (Å²) < 4.78 is 10.8. The Balaban J connectivity index is 2.29. The molecule has 0 saturated carbocycles. The maximum absolute atomic E-state index is 10.9. The van der Waals surface area contributed by atoms with Crippen molar-refractivity contribution in [2.75, 3.05) is 14.2 Å². The fourth-order valence-corrected chi connectivity index (χ4v) is 2.20. The Morgan fingerprint density at radius 1 is 1.14 bits per heavy atom. The van der Waals surface area contributed by atoms with Crippen LogP contribution in [0.3, 0.4) is 0 Å². The van der Waals surface area contributed by atoms with Gasteiger partial charge in [0.25, 0.3) is 5.69 Å². The molecule has 0 fully saturated rings. The molecule has 0 spiro atoms. The molecule has 114 valence electrons. The number of hydrogen-bond acceptors (Lipinski definition) is 5. The lowest BCUT2D eigenvalue weighted by Gasteiger charge is -2.07. The minimum absolute atomic E-state index is 0.00346. The maximum Gasteiger partial charge on any atom is 0.284 e. The summed E-state index contributed by atoms with van der Waals surface area (Å²) >= 11 is 3.15. The molecule has 22 heavy (non-hydrogen) atoms. The Morgan fingerprint density at radius 2 is 1.86 bits per heavy atom. The van der Waals surface area contributed by atoms with Gasteiger partial charge in [0.15, 0.2) is 11.5 Å². The van der Waals surface area contributed by atoms with Crippen molar-refractivity contribution in [2.45, 2.75) is 0 Å². The number of nitrogens with zero attached hydrogens (tertiary/aromatic N) is 2. The van der Waals surface area contributed by atoms with Crippen LogP contribution in [0.1, 0.15) is 5.56 Å². The van der Waals surface area contributed by atoms with Gasteiger partial charge in [-0.2, -0.15) is 0 Å². The summed E-state index contributed by atoms with van der Waals surface area (Å²) in [5.41, 5.74) is 1.28. The van der Waals surface area contributed by atoms with Gasteiger partial charge in [-0.05, 0) is 39.7 Å². The summed E-state index contributed by atoms with van der Waals surface area (Å²) in [5, 5.41) is 10.9. The minimum Gasteiger partial charge on any atom is -0.493 e. The molecule has 2 aromatic rings. The molecule has 0 unspecified atom stereocenters. The van der Waals surface area contributed by atoms with Gasteiger partial charge in [0, 0.05) is 18.3 Å². The molecule has 0 heterocycles. The third-order valence-corrected chi connectivity index (χ3v) is 3.57. The van der Waals surface area contributed by atoms with E-state index < -0.39 is 4.92 Å². The van der Waals surface area contributed by atoms with Gasteiger partial charge >= 0.3 is 0 Å². The second kappa shape index (κ2) is 7.04. The van der Waals surface area contributed by atoms with Crippen LogP contribution in [0.4, 0.5) is 11.4 Å². The predicted molar refractivity (Wildman–Crippen MR) is 87.6 cm³/mol. The Kier molecular flexibility index (Phi) is 5.11. The number of methoxy groups -OCH3 is 2. The predicted octanol–water partition coefficient (Wildman–Crippen LogP) is 4.13. The Hall–Kier alpha value is -2.41. The van der Waals surface area contributed by atoms with Crippen molar-refractivity contribution >= 4 is 33.5 Å². The third-order valence-electron chi connectivity index (χ3n) is 2.90. The van der Waals surface area contributed by atoms with E-state index in [2.05, 4.69) is 20.9 Å². The van der Waals surface area contributed by atoms with Crippen LogP contribution in [0.2, 0.25) is 0 Å². The first-order valence-corrected chi connectivity index (χ1v) is 7.04. The Morgan fingerprint density at radius 3 is 2.50 bits per heavy atom. The number of aliphatic imine (C=N–C) groups is 1. The monoisotopic (exact) mass is 364 g/mol. The highest BCUT2D eigenvalue weighted by atomic mass is 79.9. The van der Waals surface area contributed by atoms with Gasteiger partial charge in [0.2, 0.25) is 0 Å². The van der Waals surface area contributed by atoms with Gasteiger partial charge in [-0.1, -0.05) is 6.07 Å². The Labute approximate surface area is 135 Å². The average molecular weight is 365 g/mol. The fourth-order valence-electron chi connectivity index (χ4n) is 1.80. The molecule has 7 heteroatoms. The first-order chi connectivity index (χ1) is 10.5. The number of ether oxygens (including phenoxy) is 2. The molecule has 0 aromatic heterocycles. The molecule has 0 aliphatic heterocycles. The van der Waals surface area contributed by atoms with Crippen molar-refractivity contribution in [2.24, 2.45) is 4.99 Å². The smallest absolute Gasteiger partial charge is 0.284 e. The lowest BCUT2D eigenvalue weighted by atomic mass is 10.2. The molecule has 0 bridgehead atoms. The van der Waals surface area contributed by atoms with Crippen molar-refractivity contribution in [3.63, 3.8) is 0 Å². The Bertz CT molecular complexity index is 731. The lowest BCUT2D eigenvalue weighted by molar-refractivity contribution is -0.385. The topological polar surface area (TPSA) is 74.0 Å². The summed E-state index contributed by atoms with van der Waals surface area (Å²) in [6.45, 7) is 0. The van der Waals surface area contributed by atoms with E-state index in [0.29, 0.717) is 27.2 Å². The number of hydrogen-bond donors (Lipinski definition) is 0. The lowest BCUT2D eigenvalue weighted by Crippen LogP contribution is -1.91. The quantitative estimate of drug-likeness (QED) is 0.454. The summed E-state index contributed by atoms with van der Waals surface area (Å²) in [5.74, 6) is 1.18. The number of rotatable bonds is 5. The molecule has 0 amide bonds. The van der Waals surface area contributed by atoms with Gasteiger partial charge in [0.05, 0.1) is 29.3 Å². The van der Waals surface area contributed by atoms with E-state index >= 15 is 0 Å². The van der Waals surface area contributed by atoms with E-state index in [4.69, 9.17) is 9.47 Å².